The lowest BCUT2D eigenvalue weighted by molar-refractivity contribution is -0.138. The van der Waals surface area contributed by atoms with Crippen LogP contribution in [-0.2, 0) is 4.79 Å². The number of hydrogen-bond acceptors (Lipinski definition) is 2. The van der Waals surface area contributed by atoms with Gasteiger partial charge in [0, 0.05) is 13.1 Å². The van der Waals surface area contributed by atoms with Gasteiger partial charge in [-0.2, -0.15) is 0 Å². The number of carboxylic acid groups (broad SMARTS) is 1. The molecule has 2 amide bonds. The van der Waals surface area contributed by atoms with Crippen LogP contribution < -0.4 is 5.32 Å². The summed E-state index contributed by atoms with van der Waals surface area (Å²) in [5.74, 6) is -1.03. The normalized spacial score (nSPS) is 14.3. The summed E-state index contributed by atoms with van der Waals surface area (Å²) in [7, 11) is 1.65. The van der Waals surface area contributed by atoms with Gasteiger partial charge in [0.2, 0.25) is 0 Å². The molecule has 0 aliphatic heterocycles. The van der Waals surface area contributed by atoms with Gasteiger partial charge in [-0.15, -0.1) is 0 Å². The smallest absolute Gasteiger partial charge is 0.325 e. The molecule has 0 aromatic carbocycles. The highest BCUT2D eigenvalue weighted by Gasteiger charge is 2.18. The van der Waals surface area contributed by atoms with Crippen molar-refractivity contribution in [3.8, 4) is 0 Å². The van der Waals surface area contributed by atoms with E-state index in [1.807, 2.05) is 13.8 Å². The molecule has 5 nitrogen and oxygen atoms in total. The van der Waals surface area contributed by atoms with Gasteiger partial charge in [0.15, 0.2) is 0 Å². The van der Waals surface area contributed by atoms with Crippen molar-refractivity contribution in [2.75, 3.05) is 7.05 Å². The number of aliphatic carboxylic acids is 1. The first-order valence-electron chi connectivity index (χ1n) is 4.66. The standard InChI is InChI=1S/C9H18N2O3/c1-5-6(2)11(4)9(14)10-7(3)8(12)13/h6-7H,5H2,1-4H3,(H,10,14)(H,12,13)/t6?,7-/m1/s1. The van der Waals surface area contributed by atoms with E-state index in [9.17, 15) is 9.59 Å². The predicted molar refractivity (Wildman–Crippen MR) is 53.1 cm³/mol. The summed E-state index contributed by atoms with van der Waals surface area (Å²) in [5, 5.41) is 11.0. The highest BCUT2D eigenvalue weighted by atomic mass is 16.4. The van der Waals surface area contributed by atoms with Crippen LogP contribution in [0.4, 0.5) is 4.79 Å². The van der Waals surface area contributed by atoms with E-state index in [1.54, 1.807) is 7.05 Å². The number of nitrogens with zero attached hydrogens (tertiary/aromatic N) is 1. The van der Waals surface area contributed by atoms with E-state index in [-0.39, 0.29) is 12.1 Å². The third-order valence-electron chi connectivity index (χ3n) is 2.28. The molecule has 0 aromatic rings. The molecule has 0 aromatic heterocycles. The predicted octanol–water partition coefficient (Wildman–Crippen LogP) is 0.899. The number of rotatable bonds is 4. The number of nitrogens with one attached hydrogen (secondary N) is 1. The second-order valence-corrected chi connectivity index (χ2v) is 3.38. The van der Waals surface area contributed by atoms with E-state index in [2.05, 4.69) is 5.32 Å². The zero-order chi connectivity index (χ0) is 11.3. The average molecular weight is 202 g/mol. The Bertz CT molecular complexity index is 218. The highest BCUT2D eigenvalue weighted by Crippen LogP contribution is 2.00. The molecule has 0 saturated heterocycles. The minimum Gasteiger partial charge on any atom is -0.480 e. The molecule has 0 aliphatic rings. The van der Waals surface area contributed by atoms with Gasteiger partial charge in [0.1, 0.15) is 6.04 Å². The summed E-state index contributed by atoms with van der Waals surface area (Å²) in [5.41, 5.74) is 0. The Balaban J connectivity index is 4.14. The van der Waals surface area contributed by atoms with Crippen molar-refractivity contribution in [1.82, 2.24) is 10.2 Å². The first kappa shape index (κ1) is 12.7. The summed E-state index contributed by atoms with van der Waals surface area (Å²) in [6, 6.07) is -1.10. The van der Waals surface area contributed by atoms with Crippen molar-refractivity contribution >= 4 is 12.0 Å². The van der Waals surface area contributed by atoms with Gasteiger partial charge in [-0.3, -0.25) is 4.79 Å². The molecule has 0 saturated carbocycles. The Labute approximate surface area is 84.1 Å². The quantitative estimate of drug-likeness (QED) is 0.711. The lowest BCUT2D eigenvalue weighted by atomic mass is 10.2. The molecular weight excluding hydrogens is 184 g/mol. The molecule has 14 heavy (non-hydrogen) atoms. The summed E-state index contributed by atoms with van der Waals surface area (Å²) in [6.45, 7) is 5.31. The van der Waals surface area contributed by atoms with Crippen molar-refractivity contribution in [2.45, 2.75) is 39.3 Å². The molecule has 5 heteroatoms. The van der Waals surface area contributed by atoms with Crippen LogP contribution >= 0.6 is 0 Å². The van der Waals surface area contributed by atoms with Crippen molar-refractivity contribution in [3.05, 3.63) is 0 Å². The van der Waals surface area contributed by atoms with Crippen molar-refractivity contribution < 1.29 is 14.7 Å². The SMILES string of the molecule is CCC(C)N(C)C(=O)N[C@H](C)C(=O)O. The van der Waals surface area contributed by atoms with Gasteiger partial charge >= 0.3 is 12.0 Å². The van der Waals surface area contributed by atoms with Gasteiger partial charge in [-0.1, -0.05) is 6.92 Å². The monoisotopic (exact) mass is 202 g/mol. The molecule has 0 spiro atoms. The molecule has 2 N–H and O–H groups in total. The minimum absolute atomic E-state index is 0.107. The van der Waals surface area contributed by atoms with Crippen LogP contribution in [0.1, 0.15) is 27.2 Å². The average Bonchev–Trinajstić information content (AvgIpc) is 2.14. The lowest BCUT2D eigenvalue weighted by Crippen LogP contribution is -2.47. The molecule has 0 radical (unpaired) electrons. The van der Waals surface area contributed by atoms with E-state index < -0.39 is 12.0 Å². The van der Waals surface area contributed by atoms with Gasteiger partial charge in [-0.05, 0) is 20.3 Å². The molecule has 2 atom stereocenters. The summed E-state index contributed by atoms with van der Waals surface area (Å²) >= 11 is 0. The number of urea groups is 1. The summed E-state index contributed by atoms with van der Waals surface area (Å²) in [6.07, 6.45) is 0.839. The Hall–Kier alpha value is -1.26. The van der Waals surface area contributed by atoms with Crippen LogP contribution in [0.15, 0.2) is 0 Å². The minimum atomic E-state index is -1.03. The lowest BCUT2D eigenvalue weighted by Gasteiger charge is -2.25. The maximum Gasteiger partial charge on any atom is 0.325 e. The van der Waals surface area contributed by atoms with Gasteiger partial charge in [0.25, 0.3) is 0 Å². The maximum absolute atomic E-state index is 11.4. The van der Waals surface area contributed by atoms with E-state index in [0.29, 0.717) is 0 Å². The highest BCUT2D eigenvalue weighted by molar-refractivity contribution is 5.82. The summed E-state index contributed by atoms with van der Waals surface area (Å²) in [4.78, 5) is 23.4. The number of carboxylic acids is 1. The van der Waals surface area contributed by atoms with Crippen LogP contribution in [-0.4, -0.2) is 41.1 Å². The van der Waals surface area contributed by atoms with Crippen molar-refractivity contribution in [2.24, 2.45) is 0 Å². The first-order chi connectivity index (χ1) is 6.40. The fourth-order valence-corrected chi connectivity index (χ4v) is 0.823. The fourth-order valence-electron chi connectivity index (χ4n) is 0.823. The van der Waals surface area contributed by atoms with Gasteiger partial charge in [-0.25, -0.2) is 4.79 Å². The Morgan fingerprint density at radius 2 is 1.93 bits per heavy atom. The number of amides is 2. The largest absolute Gasteiger partial charge is 0.480 e. The fraction of sp³-hybridized carbons (Fsp3) is 0.778. The zero-order valence-corrected chi connectivity index (χ0v) is 9.07. The molecule has 0 heterocycles. The number of carbonyl (C=O) groups is 2. The molecule has 0 aliphatic carbocycles. The summed E-state index contributed by atoms with van der Waals surface area (Å²) < 4.78 is 0. The van der Waals surface area contributed by atoms with E-state index >= 15 is 0 Å². The Morgan fingerprint density at radius 3 is 2.29 bits per heavy atom. The van der Waals surface area contributed by atoms with Crippen LogP contribution in [0.2, 0.25) is 0 Å². The second-order valence-electron chi connectivity index (χ2n) is 3.38. The van der Waals surface area contributed by atoms with E-state index in [4.69, 9.17) is 5.11 Å². The maximum atomic E-state index is 11.4. The topological polar surface area (TPSA) is 69.6 Å². The third-order valence-corrected chi connectivity index (χ3v) is 2.28. The molecule has 0 bridgehead atoms. The van der Waals surface area contributed by atoms with Gasteiger partial charge < -0.3 is 15.3 Å². The molecular formula is C9H18N2O3. The Morgan fingerprint density at radius 1 is 1.43 bits per heavy atom. The van der Waals surface area contributed by atoms with Crippen molar-refractivity contribution in [3.63, 3.8) is 0 Å². The third kappa shape index (κ3) is 3.64. The molecule has 82 valence electrons. The van der Waals surface area contributed by atoms with Crippen molar-refractivity contribution in [1.29, 1.82) is 0 Å². The van der Waals surface area contributed by atoms with Gasteiger partial charge in [0.05, 0.1) is 0 Å². The Kier molecular flexibility index (Phi) is 4.97. The van der Waals surface area contributed by atoms with E-state index in [0.717, 1.165) is 6.42 Å². The molecule has 0 fully saturated rings. The van der Waals surface area contributed by atoms with E-state index in [1.165, 1.54) is 11.8 Å². The zero-order valence-electron chi connectivity index (χ0n) is 9.07. The first-order valence-corrected chi connectivity index (χ1v) is 4.66. The number of hydrogen-bond donors (Lipinski definition) is 2. The van der Waals surface area contributed by atoms with Crippen LogP contribution in [0.3, 0.4) is 0 Å². The second kappa shape index (κ2) is 5.47. The molecule has 0 rings (SSSR count). The molecule has 1 unspecified atom stereocenters. The van der Waals surface area contributed by atoms with Crippen LogP contribution in [0.25, 0.3) is 0 Å². The van der Waals surface area contributed by atoms with Crippen LogP contribution in [0, 0.1) is 0 Å². The number of carbonyl (C=O) groups excluding carboxylic acids is 1. The van der Waals surface area contributed by atoms with Crippen LogP contribution in [0.5, 0.6) is 0 Å².